The second-order valence-electron chi connectivity index (χ2n) is 4.42. The summed E-state index contributed by atoms with van der Waals surface area (Å²) in [4.78, 5) is 20.5. The Morgan fingerprint density at radius 1 is 1.30 bits per heavy atom. The van der Waals surface area contributed by atoms with Crippen molar-refractivity contribution in [1.29, 1.82) is 0 Å². The monoisotopic (exact) mass is 310 g/mol. The fraction of sp³-hybridized carbons (Fsp3) is 0.455. The molecule has 0 bridgehead atoms. The van der Waals surface area contributed by atoms with E-state index >= 15 is 0 Å². The number of rotatable bonds is 2. The lowest BCUT2D eigenvalue weighted by Crippen LogP contribution is -2.50. The maximum atomic E-state index is 12.0. The Morgan fingerprint density at radius 2 is 2.10 bits per heavy atom. The van der Waals surface area contributed by atoms with Crippen LogP contribution in [0.25, 0.3) is 0 Å². The zero-order valence-corrected chi connectivity index (χ0v) is 12.6. The zero-order chi connectivity index (χ0) is 13.9. The number of anilines is 2. The van der Waals surface area contributed by atoms with E-state index in [2.05, 4.69) is 25.4 Å². The summed E-state index contributed by atoms with van der Waals surface area (Å²) in [6.07, 6.45) is 0. The molecule has 0 atom stereocenters. The number of nitrogens with one attached hydrogen (secondary N) is 1. The van der Waals surface area contributed by atoms with E-state index in [1.165, 1.54) is 11.3 Å². The van der Waals surface area contributed by atoms with Gasteiger partial charge in [-0.2, -0.15) is 0 Å². The molecule has 1 fully saturated rings. The molecule has 3 rings (SSSR count). The van der Waals surface area contributed by atoms with Crippen molar-refractivity contribution in [2.75, 3.05) is 36.4 Å². The van der Waals surface area contributed by atoms with E-state index in [1.807, 2.05) is 12.3 Å². The highest BCUT2D eigenvalue weighted by molar-refractivity contribution is 7.13. The third-order valence-electron chi connectivity index (χ3n) is 3.02. The Hall–Kier alpha value is -1.74. The largest absolute Gasteiger partial charge is 0.345 e. The summed E-state index contributed by atoms with van der Waals surface area (Å²) in [5.74, 6) is 0. The number of thiazole rings is 1. The van der Waals surface area contributed by atoms with Crippen molar-refractivity contribution in [3.63, 3.8) is 0 Å². The topological polar surface area (TPSA) is 74.2 Å². The van der Waals surface area contributed by atoms with Crippen molar-refractivity contribution < 1.29 is 4.79 Å². The maximum Gasteiger partial charge on any atom is 0.323 e. The molecule has 1 aliphatic rings. The Kier molecular flexibility index (Phi) is 3.79. The molecule has 9 heteroatoms. The molecule has 0 spiro atoms. The molecule has 2 amide bonds. The van der Waals surface area contributed by atoms with Gasteiger partial charge in [0.15, 0.2) is 5.13 Å². The summed E-state index contributed by atoms with van der Waals surface area (Å²) >= 11 is 2.96. The molecule has 1 N–H and O–H groups in total. The highest BCUT2D eigenvalue weighted by Crippen LogP contribution is 2.21. The summed E-state index contributed by atoms with van der Waals surface area (Å²) < 4.78 is 0. The minimum absolute atomic E-state index is 0.114. The maximum absolute atomic E-state index is 12.0. The van der Waals surface area contributed by atoms with Crippen molar-refractivity contribution in [3.8, 4) is 0 Å². The van der Waals surface area contributed by atoms with E-state index in [9.17, 15) is 4.79 Å². The van der Waals surface area contributed by atoms with Crippen LogP contribution in [0.15, 0.2) is 10.9 Å². The molecule has 1 saturated heterocycles. The second kappa shape index (κ2) is 5.71. The van der Waals surface area contributed by atoms with E-state index in [-0.39, 0.29) is 6.03 Å². The average Bonchev–Trinajstić information content (AvgIpc) is 3.10. The fourth-order valence-corrected chi connectivity index (χ4v) is 3.28. The number of hydrogen-bond donors (Lipinski definition) is 1. The lowest BCUT2D eigenvalue weighted by Gasteiger charge is -2.34. The van der Waals surface area contributed by atoms with Crippen molar-refractivity contribution in [1.82, 2.24) is 20.1 Å². The first-order valence-corrected chi connectivity index (χ1v) is 7.97. The molecular weight excluding hydrogens is 296 g/mol. The van der Waals surface area contributed by atoms with Crippen LogP contribution in [-0.4, -0.2) is 52.3 Å². The lowest BCUT2D eigenvalue weighted by atomic mass is 10.3. The number of aryl methyl sites for hydroxylation is 1. The summed E-state index contributed by atoms with van der Waals surface area (Å²) in [5.41, 5.74) is 2.64. The number of urea groups is 1. The first-order valence-electron chi connectivity index (χ1n) is 6.21. The standard InChI is InChI=1S/C11H14N6OS2/c1-8-6-19-11(13-8)17-4-2-16(3-5-17)10(18)14-9-15-12-7-20-9/h6-7H,2-5H2,1H3,(H,14,15,18). The molecule has 1 aliphatic heterocycles. The van der Waals surface area contributed by atoms with Crippen molar-refractivity contribution in [2.45, 2.75) is 6.92 Å². The molecule has 7 nitrogen and oxygen atoms in total. The molecule has 2 aromatic rings. The van der Waals surface area contributed by atoms with Gasteiger partial charge in [-0.25, -0.2) is 9.78 Å². The van der Waals surface area contributed by atoms with Crippen LogP contribution in [0, 0.1) is 6.92 Å². The third kappa shape index (κ3) is 2.88. The van der Waals surface area contributed by atoms with E-state index < -0.39 is 0 Å². The number of hydrogen-bond acceptors (Lipinski definition) is 7. The number of aromatic nitrogens is 3. The summed E-state index contributed by atoms with van der Waals surface area (Å²) in [7, 11) is 0. The number of carbonyl (C=O) groups is 1. The van der Waals surface area contributed by atoms with Crippen molar-refractivity contribution in [2.24, 2.45) is 0 Å². The SMILES string of the molecule is Cc1csc(N2CCN(C(=O)Nc3nncs3)CC2)n1. The average molecular weight is 310 g/mol. The number of carbonyl (C=O) groups excluding carboxylic acids is 1. The molecule has 0 saturated carbocycles. The number of amides is 2. The molecule has 20 heavy (non-hydrogen) atoms. The number of nitrogens with zero attached hydrogens (tertiary/aromatic N) is 5. The Morgan fingerprint density at radius 3 is 2.70 bits per heavy atom. The first kappa shape index (κ1) is 13.3. The molecule has 0 aliphatic carbocycles. The van der Waals surface area contributed by atoms with Gasteiger partial charge in [0.05, 0.1) is 5.69 Å². The quantitative estimate of drug-likeness (QED) is 0.913. The zero-order valence-electron chi connectivity index (χ0n) is 10.9. The van der Waals surface area contributed by atoms with Crippen molar-refractivity contribution >= 4 is 39.0 Å². The number of piperazine rings is 1. The van der Waals surface area contributed by atoms with Gasteiger partial charge < -0.3 is 9.80 Å². The Bertz CT molecular complexity index is 576. The normalized spacial score (nSPS) is 15.4. The summed E-state index contributed by atoms with van der Waals surface area (Å²) in [6, 6.07) is -0.114. The van der Waals surface area contributed by atoms with Gasteiger partial charge in [-0.1, -0.05) is 11.3 Å². The summed E-state index contributed by atoms with van der Waals surface area (Å²) in [5, 5.41) is 13.9. The van der Waals surface area contributed by atoms with Crippen LogP contribution in [0.5, 0.6) is 0 Å². The van der Waals surface area contributed by atoms with Crippen molar-refractivity contribution in [3.05, 3.63) is 16.6 Å². The Labute approximate surface area is 124 Å². The van der Waals surface area contributed by atoms with Gasteiger partial charge in [-0.05, 0) is 6.92 Å². The molecule has 0 unspecified atom stereocenters. The van der Waals surface area contributed by atoms with Gasteiger partial charge in [0.1, 0.15) is 5.51 Å². The molecular formula is C11H14N6OS2. The minimum atomic E-state index is -0.114. The van der Waals surface area contributed by atoms with Gasteiger partial charge in [0.2, 0.25) is 5.13 Å². The van der Waals surface area contributed by atoms with Crippen LogP contribution in [0.4, 0.5) is 15.1 Å². The highest BCUT2D eigenvalue weighted by Gasteiger charge is 2.23. The minimum Gasteiger partial charge on any atom is -0.345 e. The van der Waals surface area contributed by atoms with Crippen LogP contribution in [0.3, 0.4) is 0 Å². The Balaban J connectivity index is 1.54. The summed E-state index contributed by atoms with van der Waals surface area (Å²) in [6.45, 7) is 4.96. The highest BCUT2D eigenvalue weighted by atomic mass is 32.1. The van der Waals surface area contributed by atoms with Crippen LogP contribution >= 0.6 is 22.7 Å². The molecule has 3 heterocycles. The lowest BCUT2D eigenvalue weighted by molar-refractivity contribution is 0.208. The predicted octanol–water partition coefficient (Wildman–Crippen LogP) is 1.66. The van der Waals surface area contributed by atoms with Crippen LogP contribution in [0.2, 0.25) is 0 Å². The van der Waals surface area contributed by atoms with Gasteiger partial charge in [0.25, 0.3) is 0 Å². The predicted molar refractivity (Wildman–Crippen MR) is 79.6 cm³/mol. The smallest absolute Gasteiger partial charge is 0.323 e. The van der Waals surface area contributed by atoms with Gasteiger partial charge in [-0.15, -0.1) is 21.5 Å². The molecule has 2 aromatic heterocycles. The third-order valence-corrected chi connectivity index (χ3v) is 4.64. The van der Waals surface area contributed by atoms with E-state index in [0.29, 0.717) is 18.2 Å². The van der Waals surface area contributed by atoms with E-state index in [0.717, 1.165) is 23.9 Å². The van der Waals surface area contributed by atoms with Crippen LogP contribution in [-0.2, 0) is 0 Å². The first-order chi connectivity index (χ1) is 9.72. The van der Waals surface area contributed by atoms with E-state index in [1.54, 1.807) is 21.7 Å². The van der Waals surface area contributed by atoms with E-state index in [4.69, 9.17) is 0 Å². The van der Waals surface area contributed by atoms with Gasteiger partial charge in [0, 0.05) is 31.6 Å². The van der Waals surface area contributed by atoms with Crippen LogP contribution < -0.4 is 10.2 Å². The molecule has 0 aromatic carbocycles. The molecule has 106 valence electrons. The fourth-order valence-electron chi connectivity index (χ4n) is 1.99. The molecule has 0 radical (unpaired) electrons. The van der Waals surface area contributed by atoms with Crippen LogP contribution in [0.1, 0.15) is 5.69 Å². The second-order valence-corrected chi connectivity index (χ2v) is 6.09. The van der Waals surface area contributed by atoms with Gasteiger partial charge >= 0.3 is 6.03 Å². The van der Waals surface area contributed by atoms with Gasteiger partial charge in [-0.3, -0.25) is 5.32 Å².